The van der Waals surface area contributed by atoms with Crippen molar-refractivity contribution in [2.45, 2.75) is 39.0 Å². The fourth-order valence-electron chi connectivity index (χ4n) is 4.10. The third-order valence-corrected chi connectivity index (χ3v) is 6.66. The summed E-state index contributed by atoms with van der Waals surface area (Å²) in [5, 5.41) is 4.86. The number of benzene rings is 1. The van der Waals surface area contributed by atoms with E-state index in [9.17, 15) is 4.79 Å². The minimum Gasteiger partial charge on any atom is -0.397 e. The van der Waals surface area contributed by atoms with Crippen molar-refractivity contribution in [2.24, 2.45) is 0 Å². The van der Waals surface area contributed by atoms with Gasteiger partial charge < -0.3 is 11.1 Å². The van der Waals surface area contributed by atoms with Gasteiger partial charge in [0.05, 0.1) is 16.9 Å². The monoisotopic (exact) mass is 402 g/mol. The van der Waals surface area contributed by atoms with Gasteiger partial charge in [0, 0.05) is 22.2 Å². The van der Waals surface area contributed by atoms with Gasteiger partial charge in [0.1, 0.15) is 9.71 Å². The van der Waals surface area contributed by atoms with E-state index < -0.39 is 0 Å². The smallest absolute Gasteiger partial charge is 0.267 e. The molecule has 1 amide bonds. The summed E-state index contributed by atoms with van der Waals surface area (Å²) < 4.78 is 0. The lowest BCUT2D eigenvalue weighted by molar-refractivity contribution is 0.103. The second-order valence-corrected chi connectivity index (χ2v) is 8.63. The third-order valence-electron chi connectivity index (χ3n) is 5.55. The molecule has 3 aromatic heterocycles. The topological polar surface area (TPSA) is 80.9 Å². The first-order valence-electron chi connectivity index (χ1n) is 9.98. The largest absolute Gasteiger partial charge is 0.397 e. The highest BCUT2D eigenvalue weighted by atomic mass is 32.1. The van der Waals surface area contributed by atoms with Crippen LogP contribution < -0.4 is 11.1 Å². The van der Waals surface area contributed by atoms with Gasteiger partial charge in [-0.15, -0.1) is 11.3 Å². The number of hydrogen-bond acceptors (Lipinski definition) is 5. The van der Waals surface area contributed by atoms with Crippen LogP contribution in [0.2, 0.25) is 0 Å². The molecule has 4 aromatic rings. The van der Waals surface area contributed by atoms with Gasteiger partial charge in [-0.05, 0) is 56.4 Å². The maximum Gasteiger partial charge on any atom is 0.267 e. The van der Waals surface area contributed by atoms with E-state index in [0.29, 0.717) is 10.6 Å². The van der Waals surface area contributed by atoms with Crippen molar-refractivity contribution in [3.8, 4) is 0 Å². The number of hydrogen-bond donors (Lipinski definition) is 2. The third kappa shape index (κ3) is 3.23. The van der Waals surface area contributed by atoms with Crippen LogP contribution in [0, 0.1) is 6.92 Å². The Hall–Kier alpha value is -2.99. The SMILES string of the molecule is Cc1cc(NC(=O)c2sc3nc4c(cc3c2N)CCCCC4)c2ccccc2n1. The van der Waals surface area contributed by atoms with Crippen molar-refractivity contribution in [1.29, 1.82) is 0 Å². The highest BCUT2D eigenvalue weighted by Crippen LogP contribution is 2.36. The van der Waals surface area contributed by atoms with Gasteiger partial charge in [-0.1, -0.05) is 24.6 Å². The fraction of sp³-hybridized carbons (Fsp3) is 0.261. The number of rotatable bonds is 2. The van der Waals surface area contributed by atoms with E-state index >= 15 is 0 Å². The van der Waals surface area contributed by atoms with E-state index in [0.717, 1.165) is 45.3 Å². The van der Waals surface area contributed by atoms with Crippen molar-refractivity contribution in [3.63, 3.8) is 0 Å². The number of para-hydroxylation sites is 1. The highest BCUT2D eigenvalue weighted by Gasteiger charge is 2.21. The molecule has 1 aliphatic rings. The quantitative estimate of drug-likeness (QED) is 0.448. The number of carbonyl (C=O) groups excluding carboxylic acids is 1. The minimum atomic E-state index is -0.198. The molecule has 0 bridgehead atoms. The molecular weight excluding hydrogens is 380 g/mol. The lowest BCUT2D eigenvalue weighted by Crippen LogP contribution is -2.12. The maximum absolute atomic E-state index is 13.1. The predicted molar refractivity (Wildman–Crippen MR) is 120 cm³/mol. The predicted octanol–water partition coefficient (Wildman–Crippen LogP) is 5.26. The molecule has 29 heavy (non-hydrogen) atoms. The second-order valence-electron chi connectivity index (χ2n) is 7.63. The summed E-state index contributed by atoms with van der Waals surface area (Å²) in [7, 11) is 0. The molecule has 5 nitrogen and oxygen atoms in total. The second kappa shape index (κ2) is 7.12. The van der Waals surface area contributed by atoms with Crippen molar-refractivity contribution in [2.75, 3.05) is 11.1 Å². The molecular formula is C23H22N4OS. The first kappa shape index (κ1) is 18.1. The van der Waals surface area contributed by atoms with Gasteiger partial charge in [-0.25, -0.2) is 4.98 Å². The number of thiophene rings is 1. The summed E-state index contributed by atoms with van der Waals surface area (Å²) in [5.74, 6) is -0.198. The standard InChI is InChI=1S/C23H22N4OS/c1-13-11-19(15-8-5-6-10-18(15)25-13)26-22(28)21-20(24)16-12-14-7-3-2-4-9-17(14)27-23(16)29-21/h5-6,8,10-12H,2-4,7,9,24H2,1H3,(H,25,26,28). The van der Waals surface area contributed by atoms with E-state index in [4.69, 9.17) is 10.7 Å². The summed E-state index contributed by atoms with van der Waals surface area (Å²) in [6, 6.07) is 11.8. The molecule has 0 unspecified atom stereocenters. The molecule has 0 radical (unpaired) electrons. The fourth-order valence-corrected chi connectivity index (χ4v) is 5.09. The zero-order valence-electron chi connectivity index (χ0n) is 16.3. The van der Waals surface area contributed by atoms with Crippen molar-refractivity contribution >= 4 is 49.7 Å². The Morgan fingerprint density at radius 2 is 1.90 bits per heavy atom. The van der Waals surface area contributed by atoms with Crippen LogP contribution in [0.5, 0.6) is 0 Å². The summed E-state index contributed by atoms with van der Waals surface area (Å²) in [6.45, 7) is 1.92. The average Bonchev–Trinajstić information content (AvgIpc) is 2.88. The number of nitrogens with two attached hydrogens (primary N) is 1. The number of anilines is 2. The van der Waals surface area contributed by atoms with Crippen LogP contribution in [0.25, 0.3) is 21.1 Å². The van der Waals surface area contributed by atoms with Gasteiger partial charge in [-0.3, -0.25) is 9.78 Å². The lowest BCUT2D eigenvalue weighted by Gasteiger charge is -2.09. The molecule has 3 N–H and O–H groups in total. The zero-order chi connectivity index (χ0) is 20.0. The molecule has 146 valence electrons. The number of amides is 1. The molecule has 1 aromatic carbocycles. The van der Waals surface area contributed by atoms with Crippen molar-refractivity contribution in [1.82, 2.24) is 9.97 Å². The molecule has 0 saturated carbocycles. The van der Waals surface area contributed by atoms with Crippen molar-refractivity contribution in [3.05, 3.63) is 58.2 Å². The van der Waals surface area contributed by atoms with Crippen LogP contribution in [0.1, 0.15) is 45.9 Å². The molecule has 0 aliphatic heterocycles. The molecule has 0 fully saturated rings. The molecule has 6 heteroatoms. The molecule has 0 spiro atoms. The summed E-state index contributed by atoms with van der Waals surface area (Å²) >= 11 is 1.38. The van der Waals surface area contributed by atoms with Gasteiger partial charge in [0.25, 0.3) is 5.91 Å². The Balaban J connectivity index is 1.54. The zero-order valence-corrected chi connectivity index (χ0v) is 17.1. The Morgan fingerprint density at radius 3 is 2.79 bits per heavy atom. The normalized spacial score (nSPS) is 14.0. The molecule has 0 atom stereocenters. The van der Waals surface area contributed by atoms with E-state index in [-0.39, 0.29) is 5.91 Å². The Labute approximate surface area is 173 Å². The summed E-state index contributed by atoms with van der Waals surface area (Å²) in [6.07, 6.45) is 5.65. The van der Waals surface area contributed by atoms with E-state index in [1.165, 1.54) is 41.9 Å². The number of aryl methyl sites for hydroxylation is 3. The molecule has 0 saturated heterocycles. The minimum absolute atomic E-state index is 0.198. The summed E-state index contributed by atoms with van der Waals surface area (Å²) in [4.78, 5) is 23.9. The number of nitrogens with one attached hydrogen (secondary N) is 1. The van der Waals surface area contributed by atoms with Crippen molar-refractivity contribution < 1.29 is 4.79 Å². The number of fused-ring (bicyclic) bond motifs is 3. The van der Waals surface area contributed by atoms with Crippen LogP contribution in [-0.2, 0) is 12.8 Å². The van der Waals surface area contributed by atoms with E-state index in [1.807, 2.05) is 37.3 Å². The van der Waals surface area contributed by atoms with Gasteiger partial charge >= 0.3 is 0 Å². The van der Waals surface area contributed by atoms with E-state index in [1.54, 1.807) is 0 Å². The van der Waals surface area contributed by atoms with Crippen LogP contribution >= 0.6 is 11.3 Å². The van der Waals surface area contributed by atoms with Crippen LogP contribution in [-0.4, -0.2) is 15.9 Å². The van der Waals surface area contributed by atoms with Crippen LogP contribution in [0.3, 0.4) is 0 Å². The number of aromatic nitrogens is 2. The molecule has 3 heterocycles. The Kier molecular flexibility index (Phi) is 4.43. The van der Waals surface area contributed by atoms with Gasteiger partial charge in [0.2, 0.25) is 0 Å². The Bertz CT molecular complexity index is 1260. The van der Waals surface area contributed by atoms with Crippen LogP contribution in [0.15, 0.2) is 36.4 Å². The first-order chi connectivity index (χ1) is 14.1. The summed E-state index contributed by atoms with van der Waals surface area (Å²) in [5.41, 5.74) is 11.8. The van der Waals surface area contributed by atoms with E-state index in [2.05, 4.69) is 16.4 Å². The van der Waals surface area contributed by atoms with Gasteiger partial charge in [-0.2, -0.15) is 0 Å². The number of carbonyl (C=O) groups is 1. The maximum atomic E-state index is 13.1. The highest BCUT2D eigenvalue weighted by molar-refractivity contribution is 7.21. The lowest BCUT2D eigenvalue weighted by atomic mass is 10.1. The van der Waals surface area contributed by atoms with Gasteiger partial charge in [0.15, 0.2) is 0 Å². The number of nitrogens with zero attached hydrogens (tertiary/aromatic N) is 2. The average molecular weight is 403 g/mol. The Morgan fingerprint density at radius 1 is 1.07 bits per heavy atom. The number of nitrogen functional groups attached to an aromatic ring is 1. The molecule has 5 rings (SSSR count). The van der Waals surface area contributed by atoms with Crippen LogP contribution in [0.4, 0.5) is 11.4 Å². The molecule has 1 aliphatic carbocycles. The first-order valence-corrected chi connectivity index (χ1v) is 10.8. The number of pyridine rings is 2.